The van der Waals surface area contributed by atoms with Gasteiger partial charge in [-0.3, -0.25) is 0 Å². The molecule has 0 bridgehead atoms. The van der Waals surface area contributed by atoms with Crippen molar-refractivity contribution in [1.29, 1.82) is 0 Å². The van der Waals surface area contributed by atoms with Crippen LogP contribution in [-0.2, 0) is 14.2 Å². The fourth-order valence-electron chi connectivity index (χ4n) is 3.17. The van der Waals surface area contributed by atoms with Crippen LogP contribution in [0.25, 0.3) is 5.69 Å². The number of para-hydroxylation sites is 1. The van der Waals surface area contributed by atoms with Crippen LogP contribution in [0.2, 0.25) is 0 Å². The number of benzene rings is 1. The Labute approximate surface area is 172 Å². The normalized spacial score (nSPS) is 12.2. The standard InChI is InChI=1S/C21H31N3O5/c1-5-13-23(21(26)29-6-2)14-12-18(25)17-15-22-24(16-10-8-7-9-11-16)19(17)20(27-3)28-4/h7-11,15,18,20,25H,5-6,12-14H2,1-4H3. The molecule has 0 aliphatic heterocycles. The Balaban J connectivity index is 2.26. The second-order valence-electron chi connectivity index (χ2n) is 6.53. The van der Waals surface area contributed by atoms with Crippen LogP contribution in [0.1, 0.15) is 50.3 Å². The molecule has 1 amide bonds. The lowest BCUT2D eigenvalue weighted by atomic mass is 10.1. The maximum absolute atomic E-state index is 12.1. The van der Waals surface area contributed by atoms with E-state index in [2.05, 4.69) is 5.10 Å². The predicted octanol–water partition coefficient (Wildman–Crippen LogP) is 3.46. The first-order chi connectivity index (χ1) is 14.1. The molecule has 1 atom stereocenters. The van der Waals surface area contributed by atoms with Crippen molar-refractivity contribution in [3.8, 4) is 5.69 Å². The number of aromatic nitrogens is 2. The Kier molecular flexibility index (Phi) is 9.11. The van der Waals surface area contributed by atoms with E-state index < -0.39 is 12.4 Å². The first-order valence-corrected chi connectivity index (χ1v) is 9.85. The average molecular weight is 405 g/mol. The molecule has 8 heteroatoms. The van der Waals surface area contributed by atoms with E-state index in [1.165, 1.54) is 14.2 Å². The SMILES string of the molecule is CCCN(CCC(O)c1cnn(-c2ccccc2)c1C(OC)OC)C(=O)OCC. The zero-order chi connectivity index (χ0) is 21.2. The van der Waals surface area contributed by atoms with E-state index in [9.17, 15) is 9.90 Å². The number of rotatable bonds is 11. The van der Waals surface area contributed by atoms with Gasteiger partial charge in [-0.05, 0) is 31.9 Å². The fraction of sp³-hybridized carbons (Fsp3) is 0.524. The highest BCUT2D eigenvalue weighted by Gasteiger charge is 2.26. The topological polar surface area (TPSA) is 86.0 Å². The lowest BCUT2D eigenvalue weighted by Crippen LogP contribution is -2.34. The van der Waals surface area contributed by atoms with Crippen LogP contribution in [0, 0.1) is 0 Å². The molecule has 1 N–H and O–H groups in total. The molecule has 2 aromatic rings. The molecule has 0 saturated heterocycles. The van der Waals surface area contributed by atoms with E-state index >= 15 is 0 Å². The van der Waals surface area contributed by atoms with Crippen molar-refractivity contribution in [2.75, 3.05) is 33.9 Å². The van der Waals surface area contributed by atoms with Gasteiger partial charge in [-0.1, -0.05) is 25.1 Å². The smallest absolute Gasteiger partial charge is 0.409 e. The zero-order valence-electron chi connectivity index (χ0n) is 17.6. The van der Waals surface area contributed by atoms with Crippen molar-refractivity contribution in [2.24, 2.45) is 0 Å². The van der Waals surface area contributed by atoms with E-state index in [-0.39, 0.29) is 6.09 Å². The molecule has 0 spiro atoms. The number of aliphatic hydroxyl groups excluding tert-OH is 1. The van der Waals surface area contributed by atoms with Crippen LogP contribution in [0.15, 0.2) is 36.5 Å². The van der Waals surface area contributed by atoms with Gasteiger partial charge in [0.2, 0.25) is 6.29 Å². The minimum Gasteiger partial charge on any atom is -0.450 e. The fourth-order valence-corrected chi connectivity index (χ4v) is 3.17. The Morgan fingerprint density at radius 2 is 1.86 bits per heavy atom. The van der Waals surface area contributed by atoms with Crippen molar-refractivity contribution in [2.45, 2.75) is 39.1 Å². The van der Waals surface area contributed by atoms with Gasteiger partial charge < -0.3 is 24.2 Å². The van der Waals surface area contributed by atoms with Crippen molar-refractivity contribution in [1.82, 2.24) is 14.7 Å². The van der Waals surface area contributed by atoms with Crippen LogP contribution >= 0.6 is 0 Å². The summed E-state index contributed by atoms with van der Waals surface area (Å²) in [6.45, 7) is 5.02. The Hall–Kier alpha value is -2.42. The minimum atomic E-state index is -0.843. The van der Waals surface area contributed by atoms with Crippen LogP contribution in [0.4, 0.5) is 4.79 Å². The zero-order valence-corrected chi connectivity index (χ0v) is 17.6. The number of nitrogens with zero attached hydrogens (tertiary/aromatic N) is 3. The van der Waals surface area contributed by atoms with Gasteiger partial charge in [0.15, 0.2) is 0 Å². The van der Waals surface area contributed by atoms with Crippen molar-refractivity contribution in [3.63, 3.8) is 0 Å². The Morgan fingerprint density at radius 1 is 1.17 bits per heavy atom. The summed E-state index contributed by atoms with van der Waals surface area (Å²) in [6, 6.07) is 9.57. The monoisotopic (exact) mass is 405 g/mol. The number of methoxy groups -OCH3 is 2. The number of carbonyl (C=O) groups is 1. The molecule has 0 fully saturated rings. The molecule has 0 aliphatic carbocycles. The molecule has 1 heterocycles. The summed E-state index contributed by atoms with van der Waals surface area (Å²) < 4.78 is 17.7. The third-order valence-corrected chi connectivity index (χ3v) is 4.54. The number of aliphatic hydroxyl groups is 1. The van der Waals surface area contributed by atoms with Gasteiger partial charge in [0, 0.05) is 32.9 Å². The first kappa shape index (κ1) is 22.9. The molecule has 2 rings (SSSR count). The molecule has 0 aliphatic rings. The van der Waals surface area contributed by atoms with Gasteiger partial charge in [-0.15, -0.1) is 0 Å². The summed E-state index contributed by atoms with van der Waals surface area (Å²) in [5, 5.41) is 15.3. The highest BCUT2D eigenvalue weighted by atomic mass is 16.7. The average Bonchev–Trinajstić information content (AvgIpc) is 3.17. The highest BCUT2D eigenvalue weighted by molar-refractivity contribution is 5.67. The van der Waals surface area contributed by atoms with Crippen molar-refractivity contribution >= 4 is 6.09 Å². The van der Waals surface area contributed by atoms with E-state index in [4.69, 9.17) is 14.2 Å². The Morgan fingerprint density at radius 3 is 2.45 bits per heavy atom. The summed E-state index contributed by atoms with van der Waals surface area (Å²) in [6.07, 6.45) is 0.859. The van der Waals surface area contributed by atoms with Crippen LogP contribution in [-0.4, -0.2) is 59.8 Å². The molecular formula is C21H31N3O5. The van der Waals surface area contributed by atoms with Crippen LogP contribution in [0.5, 0.6) is 0 Å². The van der Waals surface area contributed by atoms with Crippen LogP contribution < -0.4 is 0 Å². The van der Waals surface area contributed by atoms with Gasteiger partial charge in [0.25, 0.3) is 0 Å². The van der Waals surface area contributed by atoms with E-state index in [0.29, 0.717) is 37.4 Å². The molecular weight excluding hydrogens is 374 g/mol. The third kappa shape index (κ3) is 5.79. The molecule has 0 saturated carbocycles. The quantitative estimate of drug-likeness (QED) is 0.576. The van der Waals surface area contributed by atoms with E-state index in [0.717, 1.165) is 12.1 Å². The molecule has 1 aromatic heterocycles. The van der Waals surface area contributed by atoms with Gasteiger partial charge in [-0.2, -0.15) is 5.10 Å². The number of hydrogen-bond donors (Lipinski definition) is 1. The summed E-state index contributed by atoms with van der Waals surface area (Å²) in [5.41, 5.74) is 2.05. The lowest BCUT2D eigenvalue weighted by Gasteiger charge is -2.23. The first-order valence-electron chi connectivity index (χ1n) is 9.85. The predicted molar refractivity (Wildman–Crippen MR) is 109 cm³/mol. The Bertz CT molecular complexity index is 746. The van der Waals surface area contributed by atoms with Crippen molar-refractivity contribution < 1.29 is 24.1 Å². The molecule has 0 radical (unpaired) electrons. The molecule has 8 nitrogen and oxygen atoms in total. The third-order valence-electron chi connectivity index (χ3n) is 4.54. The molecule has 160 valence electrons. The molecule has 1 aromatic carbocycles. The number of hydrogen-bond acceptors (Lipinski definition) is 6. The summed E-state index contributed by atoms with van der Waals surface area (Å²) in [4.78, 5) is 13.7. The lowest BCUT2D eigenvalue weighted by molar-refractivity contribution is -0.111. The number of carbonyl (C=O) groups excluding carboxylic acids is 1. The number of ether oxygens (including phenoxy) is 3. The van der Waals surface area contributed by atoms with Gasteiger partial charge in [-0.25, -0.2) is 9.48 Å². The van der Waals surface area contributed by atoms with E-state index in [1.807, 2.05) is 37.3 Å². The minimum absolute atomic E-state index is 0.318. The van der Waals surface area contributed by atoms with Gasteiger partial charge in [0.05, 0.1) is 24.6 Å². The second kappa shape index (κ2) is 11.5. The largest absolute Gasteiger partial charge is 0.450 e. The summed E-state index contributed by atoms with van der Waals surface area (Å²) in [7, 11) is 3.08. The van der Waals surface area contributed by atoms with Crippen molar-refractivity contribution in [3.05, 3.63) is 47.8 Å². The van der Waals surface area contributed by atoms with Gasteiger partial charge >= 0.3 is 6.09 Å². The van der Waals surface area contributed by atoms with Crippen LogP contribution in [0.3, 0.4) is 0 Å². The maximum atomic E-state index is 12.1. The number of amides is 1. The van der Waals surface area contributed by atoms with Gasteiger partial charge in [0.1, 0.15) is 5.69 Å². The van der Waals surface area contributed by atoms with E-state index in [1.54, 1.807) is 22.7 Å². The highest BCUT2D eigenvalue weighted by Crippen LogP contribution is 2.30. The summed E-state index contributed by atoms with van der Waals surface area (Å²) in [5.74, 6) is 0. The molecule has 29 heavy (non-hydrogen) atoms. The molecule has 1 unspecified atom stereocenters. The second-order valence-corrected chi connectivity index (χ2v) is 6.53. The summed E-state index contributed by atoms with van der Waals surface area (Å²) >= 11 is 0. The maximum Gasteiger partial charge on any atom is 0.409 e.